The number of carboxylic acid groups (broad SMARTS) is 1. The minimum absolute atomic E-state index is 0.0698. The van der Waals surface area contributed by atoms with Gasteiger partial charge < -0.3 is 5.11 Å². The van der Waals surface area contributed by atoms with Crippen LogP contribution in [-0.4, -0.2) is 16.1 Å². The molecule has 0 atom stereocenters. The molecule has 2 aromatic rings. The van der Waals surface area contributed by atoms with Gasteiger partial charge in [-0.05, 0) is 18.4 Å². The zero-order valence-corrected chi connectivity index (χ0v) is 11.3. The van der Waals surface area contributed by atoms with E-state index in [-0.39, 0.29) is 5.41 Å². The molecule has 0 saturated heterocycles. The average Bonchev–Trinajstić information content (AvgIpc) is 3.09. The number of hydrogen-bond acceptors (Lipinski definition) is 3. The van der Waals surface area contributed by atoms with E-state index in [9.17, 15) is 4.79 Å². The van der Waals surface area contributed by atoms with E-state index in [1.165, 1.54) is 35.9 Å². The van der Waals surface area contributed by atoms with Crippen LogP contribution in [0.3, 0.4) is 0 Å². The third-order valence-electron chi connectivity index (χ3n) is 3.91. The number of nitrogens with zero attached hydrogens (tertiary/aromatic N) is 1. The third kappa shape index (κ3) is 2.06. The van der Waals surface area contributed by atoms with Gasteiger partial charge in [-0.15, -0.1) is 11.3 Å². The summed E-state index contributed by atoms with van der Waals surface area (Å²) in [6, 6.07) is 10.4. The molecular formula is C15H15NO2S. The van der Waals surface area contributed by atoms with E-state index < -0.39 is 5.97 Å². The summed E-state index contributed by atoms with van der Waals surface area (Å²) in [4.78, 5) is 15.8. The molecule has 1 aromatic carbocycles. The maximum Gasteiger partial charge on any atom is 0.347 e. The van der Waals surface area contributed by atoms with Crippen molar-refractivity contribution in [3.8, 4) is 0 Å². The molecule has 0 unspecified atom stereocenters. The molecule has 19 heavy (non-hydrogen) atoms. The molecule has 3 nitrogen and oxygen atoms in total. The summed E-state index contributed by atoms with van der Waals surface area (Å²) in [6.45, 7) is 0. The van der Waals surface area contributed by atoms with Crippen molar-refractivity contribution in [2.24, 2.45) is 0 Å². The highest BCUT2D eigenvalue weighted by atomic mass is 32.1. The second-order valence-corrected chi connectivity index (χ2v) is 6.02. The van der Waals surface area contributed by atoms with Crippen LogP contribution in [-0.2, 0) is 5.41 Å². The summed E-state index contributed by atoms with van der Waals surface area (Å²) in [6.07, 6.45) is 5.96. The molecule has 0 amide bonds. The summed E-state index contributed by atoms with van der Waals surface area (Å²) in [5.74, 6) is -0.884. The normalized spacial score (nSPS) is 17.5. The standard InChI is InChI=1S/C15H15NO2S/c17-13(18)12-10-16-14(19-12)15(8-4-5-9-15)11-6-2-1-3-7-11/h1-3,6-7,10H,4-5,8-9H2,(H,17,18). The minimum atomic E-state index is -0.884. The number of thiazole rings is 1. The van der Waals surface area contributed by atoms with E-state index in [1.54, 1.807) is 0 Å². The van der Waals surface area contributed by atoms with E-state index in [0.717, 1.165) is 17.8 Å². The van der Waals surface area contributed by atoms with Crippen molar-refractivity contribution in [1.82, 2.24) is 4.98 Å². The highest BCUT2D eigenvalue weighted by molar-refractivity contribution is 7.13. The molecular weight excluding hydrogens is 258 g/mol. The first-order chi connectivity index (χ1) is 9.22. The lowest BCUT2D eigenvalue weighted by atomic mass is 9.79. The van der Waals surface area contributed by atoms with Crippen LogP contribution >= 0.6 is 11.3 Å². The second-order valence-electron chi connectivity index (χ2n) is 4.99. The van der Waals surface area contributed by atoms with Crippen LogP contribution < -0.4 is 0 Å². The lowest BCUT2D eigenvalue weighted by Gasteiger charge is -2.27. The molecule has 98 valence electrons. The Bertz CT molecular complexity index is 585. The lowest BCUT2D eigenvalue weighted by Crippen LogP contribution is -2.23. The predicted molar refractivity (Wildman–Crippen MR) is 74.8 cm³/mol. The summed E-state index contributed by atoms with van der Waals surface area (Å²) < 4.78 is 0. The van der Waals surface area contributed by atoms with Crippen molar-refractivity contribution < 1.29 is 9.90 Å². The van der Waals surface area contributed by atoms with Crippen LogP contribution in [0, 0.1) is 0 Å². The van der Waals surface area contributed by atoms with Gasteiger partial charge in [-0.3, -0.25) is 0 Å². The third-order valence-corrected chi connectivity index (χ3v) is 5.10. The van der Waals surface area contributed by atoms with Crippen molar-refractivity contribution in [2.75, 3.05) is 0 Å². The first kappa shape index (κ1) is 12.4. The van der Waals surface area contributed by atoms with E-state index >= 15 is 0 Å². The van der Waals surface area contributed by atoms with Crippen LogP contribution in [0.2, 0.25) is 0 Å². The Morgan fingerprint density at radius 3 is 2.47 bits per heavy atom. The molecule has 0 bridgehead atoms. The van der Waals surface area contributed by atoms with E-state index in [4.69, 9.17) is 5.11 Å². The fraction of sp³-hybridized carbons (Fsp3) is 0.333. The lowest BCUT2D eigenvalue weighted by molar-refractivity contribution is 0.0702. The van der Waals surface area contributed by atoms with Crippen molar-refractivity contribution >= 4 is 17.3 Å². The Kier molecular flexibility index (Phi) is 3.11. The van der Waals surface area contributed by atoms with Crippen molar-refractivity contribution in [2.45, 2.75) is 31.1 Å². The maximum absolute atomic E-state index is 11.0. The Morgan fingerprint density at radius 1 is 1.21 bits per heavy atom. The highest BCUT2D eigenvalue weighted by Crippen LogP contribution is 2.47. The second kappa shape index (κ2) is 4.78. The van der Waals surface area contributed by atoms with Gasteiger partial charge in [0.1, 0.15) is 9.88 Å². The molecule has 1 aliphatic carbocycles. The van der Waals surface area contributed by atoms with Gasteiger partial charge in [-0.25, -0.2) is 9.78 Å². The fourth-order valence-corrected chi connectivity index (χ4v) is 3.98. The molecule has 3 rings (SSSR count). The molecule has 0 spiro atoms. The summed E-state index contributed by atoms with van der Waals surface area (Å²) >= 11 is 1.32. The van der Waals surface area contributed by atoms with Crippen molar-refractivity contribution in [1.29, 1.82) is 0 Å². The molecule has 1 fully saturated rings. The maximum atomic E-state index is 11.0. The van der Waals surface area contributed by atoms with Crippen LogP contribution in [0.4, 0.5) is 0 Å². The Balaban J connectivity index is 2.08. The number of aromatic carboxylic acids is 1. The molecule has 1 aliphatic rings. The zero-order chi connectivity index (χ0) is 13.3. The number of aromatic nitrogens is 1. The van der Waals surface area contributed by atoms with Gasteiger partial charge in [0.15, 0.2) is 0 Å². The molecule has 1 aromatic heterocycles. The van der Waals surface area contributed by atoms with Gasteiger partial charge in [-0.2, -0.15) is 0 Å². The molecule has 4 heteroatoms. The highest BCUT2D eigenvalue weighted by Gasteiger charge is 2.40. The molecule has 1 saturated carbocycles. The van der Waals surface area contributed by atoms with Gasteiger partial charge in [0, 0.05) is 5.41 Å². The number of rotatable bonds is 3. The number of hydrogen-bond donors (Lipinski definition) is 1. The number of carboxylic acids is 1. The largest absolute Gasteiger partial charge is 0.477 e. The molecule has 1 N–H and O–H groups in total. The summed E-state index contributed by atoms with van der Waals surface area (Å²) in [7, 11) is 0. The molecule has 0 aliphatic heterocycles. The predicted octanol–water partition coefficient (Wildman–Crippen LogP) is 3.70. The Hall–Kier alpha value is -1.68. The van der Waals surface area contributed by atoms with Crippen molar-refractivity contribution in [3.05, 3.63) is 52.0 Å². The van der Waals surface area contributed by atoms with Crippen LogP contribution in [0.25, 0.3) is 0 Å². The van der Waals surface area contributed by atoms with E-state index in [1.807, 2.05) is 18.2 Å². The van der Waals surface area contributed by atoms with Crippen molar-refractivity contribution in [3.63, 3.8) is 0 Å². The molecule has 0 radical (unpaired) electrons. The van der Waals surface area contributed by atoms with Gasteiger partial charge in [-0.1, -0.05) is 43.2 Å². The Morgan fingerprint density at radius 2 is 1.89 bits per heavy atom. The smallest absolute Gasteiger partial charge is 0.347 e. The fourth-order valence-electron chi connectivity index (χ4n) is 2.96. The van der Waals surface area contributed by atoms with Gasteiger partial charge in [0.05, 0.1) is 6.20 Å². The zero-order valence-electron chi connectivity index (χ0n) is 10.5. The van der Waals surface area contributed by atoms with Crippen LogP contribution in [0.5, 0.6) is 0 Å². The summed E-state index contributed by atoms with van der Waals surface area (Å²) in [5, 5.41) is 10.0. The first-order valence-electron chi connectivity index (χ1n) is 6.47. The monoisotopic (exact) mass is 273 g/mol. The quantitative estimate of drug-likeness (QED) is 0.927. The number of carbonyl (C=O) groups is 1. The van der Waals surface area contributed by atoms with Crippen LogP contribution in [0.15, 0.2) is 36.5 Å². The minimum Gasteiger partial charge on any atom is -0.477 e. The average molecular weight is 273 g/mol. The topological polar surface area (TPSA) is 50.2 Å². The van der Waals surface area contributed by atoms with Crippen LogP contribution in [0.1, 0.15) is 45.9 Å². The Labute approximate surface area is 115 Å². The van der Waals surface area contributed by atoms with Gasteiger partial charge in [0.25, 0.3) is 0 Å². The number of benzene rings is 1. The SMILES string of the molecule is O=C(O)c1cnc(C2(c3ccccc3)CCCC2)s1. The van der Waals surface area contributed by atoms with Gasteiger partial charge in [0.2, 0.25) is 0 Å². The summed E-state index contributed by atoms with van der Waals surface area (Å²) in [5.41, 5.74) is 1.19. The first-order valence-corrected chi connectivity index (χ1v) is 7.29. The van der Waals surface area contributed by atoms with Gasteiger partial charge >= 0.3 is 5.97 Å². The van der Waals surface area contributed by atoms with E-state index in [0.29, 0.717) is 4.88 Å². The van der Waals surface area contributed by atoms with E-state index in [2.05, 4.69) is 17.1 Å². The molecule has 1 heterocycles.